The molecule has 19 heavy (non-hydrogen) atoms. The third-order valence-electron chi connectivity index (χ3n) is 2.17. The second kappa shape index (κ2) is 6.15. The predicted octanol–water partition coefficient (Wildman–Crippen LogP) is 1.54. The molecule has 8 heteroatoms. The molecule has 2 N–H and O–H groups in total. The normalized spacial score (nSPS) is 17.1. The number of hydrogen-bond donors (Lipinski definition) is 2. The molecule has 6 nitrogen and oxygen atoms in total. The number of amidine groups is 1. The number of carbonyl (C=O) groups is 2. The van der Waals surface area contributed by atoms with E-state index < -0.39 is 5.97 Å². The lowest BCUT2D eigenvalue weighted by molar-refractivity contribution is -0.116. The monoisotopic (exact) mass is 389 g/mol. The van der Waals surface area contributed by atoms with Gasteiger partial charge in [0.1, 0.15) is 0 Å². The Morgan fingerprint density at radius 3 is 2.89 bits per heavy atom. The number of carbonyl (C=O) groups excluding carboxylic acids is 1. The number of nitrogens with one attached hydrogen (secondary N) is 1. The lowest BCUT2D eigenvalue weighted by Gasteiger charge is -1.99. The Kier molecular flexibility index (Phi) is 4.53. The summed E-state index contributed by atoms with van der Waals surface area (Å²) in [5, 5.41) is 19.6. The van der Waals surface area contributed by atoms with E-state index in [0.29, 0.717) is 14.5 Å². The summed E-state index contributed by atoms with van der Waals surface area (Å²) < 4.78 is 0.630. The molecule has 1 heterocycles. The van der Waals surface area contributed by atoms with E-state index in [4.69, 9.17) is 5.11 Å². The highest BCUT2D eigenvalue weighted by atomic mass is 127. The Balaban J connectivity index is 2.09. The zero-order valence-corrected chi connectivity index (χ0v) is 12.4. The zero-order chi connectivity index (χ0) is 13.8. The molecule has 1 aliphatic rings. The van der Waals surface area contributed by atoms with Crippen LogP contribution in [0, 0.1) is 3.57 Å². The second-order valence-corrected chi connectivity index (χ2v) is 5.66. The number of carboxylic acids is 1. The van der Waals surface area contributed by atoms with Crippen LogP contribution in [-0.4, -0.2) is 34.1 Å². The molecule has 1 saturated heterocycles. The Labute approximate surface area is 126 Å². The molecule has 0 spiro atoms. The molecule has 0 aromatic heterocycles. The molecule has 1 amide bonds. The quantitative estimate of drug-likeness (QED) is 0.466. The van der Waals surface area contributed by atoms with Crippen LogP contribution < -0.4 is 5.32 Å². The van der Waals surface area contributed by atoms with Crippen LogP contribution in [0.2, 0.25) is 0 Å². The molecule has 1 aromatic rings. The average molecular weight is 389 g/mol. The SMILES string of the molecule is O=C1CSC(=NN=Cc2ccc(C(=O)O)c(I)c2)N1. The van der Waals surface area contributed by atoms with Crippen molar-refractivity contribution in [3.8, 4) is 0 Å². The lowest BCUT2D eigenvalue weighted by Crippen LogP contribution is -2.19. The first-order valence-corrected chi connectivity index (χ1v) is 7.19. The molecule has 1 aliphatic heterocycles. The van der Waals surface area contributed by atoms with E-state index in [1.54, 1.807) is 12.1 Å². The molecule has 2 rings (SSSR count). The number of thioether (sulfide) groups is 1. The summed E-state index contributed by atoms with van der Waals surface area (Å²) in [6, 6.07) is 4.87. The van der Waals surface area contributed by atoms with Crippen molar-refractivity contribution in [2.45, 2.75) is 0 Å². The van der Waals surface area contributed by atoms with Crippen molar-refractivity contribution in [1.29, 1.82) is 0 Å². The van der Waals surface area contributed by atoms with Gasteiger partial charge in [-0.25, -0.2) is 4.79 Å². The van der Waals surface area contributed by atoms with Gasteiger partial charge in [-0.1, -0.05) is 17.8 Å². The van der Waals surface area contributed by atoms with Crippen molar-refractivity contribution in [1.82, 2.24) is 5.32 Å². The van der Waals surface area contributed by atoms with Gasteiger partial charge in [0.2, 0.25) is 5.91 Å². The first-order chi connectivity index (χ1) is 9.06. The minimum atomic E-state index is -0.960. The summed E-state index contributed by atoms with van der Waals surface area (Å²) in [4.78, 5) is 21.8. The van der Waals surface area contributed by atoms with Crippen molar-refractivity contribution in [3.05, 3.63) is 32.9 Å². The maximum absolute atomic E-state index is 10.9. The molecule has 0 radical (unpaired) electrons. The van der Waals surface area contributed by atoms with Gasteiger partial charge in [0, 0.05) is 3.57 Å². The third-order valence-corrected chi connectivity index (χ3v) is 3.92. The first-order valence-electron chi connectivity index (χ1n) is 5.13. The van der Waals surface area contributed by atoms with E-state index >= 15 is 0 Å². The van der Waals surface area contributed by atoms with Crippen molar-refractivity contribution < 1.29 is 14.7 Å². The highest BCUT2D eigenvalue weighted by Crippen LogP contribution is 2.14. The molecule has 98 valence electrons. The third kappa shape index (κ3) is 3.77. The summed E-state index contributed by atoms with van der Waals surface area (Å²) in [5.41, 5.74) is 0.996. The fourth-order valence-corrected chi connectivity index (χ4v) is 2.71. The summed E-state index contributed by atoms with van der Waals surface area (Å²) in [6.07, 6.45) is 1.51. The zero-order valence-electron chi connectivity index (χ0n) is 9.46. The van der Waals surface area contributed by atoms with Crippen LogP contribution in [0.1, 0.15) is 15.9 Å². The number of benzene rings is 1. The van der Waals surface area contributed by atoms with Gasteiger partial charge in [0.05, 0.1) is 17.5 Å². The summed E-state index contributed by atoms with van der Waals surface area (Å²) in [5.74, 6) is -0.683. The van der Waals surface area contributed by atoms with Crippen LogP contribution >= 0.6 is 34.4 Å². The van der Waals surface area contributed by atoms with Crippen LogP contribution in [0.15, 0.2) is 28.4 Å². The van der Waals surface area contributed by atoms with E-state index in [0.717, 1.165) is 5.56 Å². The summed E-state index contributed by atoms with van der Waals surface area (Å²) in [7, 11) is 0. The molecular weight excluding hydrogens is 381 g/mol. The van der Waals surface area contributed by atoms with Crippen LogP contribution in [0.5, 0.6) is 0 Å². The van der Waals surface area contributed by atoms with Crippen molar-refractivity contribution in [3.63, 3.8) is 0 Å². The van der Waals surface area contributed by atoms with Gasteiger partial charge in [-0.2, -0.15) is 5.10 Å². The lowest BCUT2D eigenvalue weighted by atomic mass is 10.1. The smallest absolute Gasteiger partial charge is 0.336 e. The molecule has 0 atom stereocenters. The highest BCUT2D eigenvalue weighted by Gasteiger charge is 2.15. The molecule has 1 fully saturated rings. The topological polar surface area (TPSA) is 91.1 Å². The van der Waals surface area contributed by atoms with Crippen molar-refractivity contribution in [2.24, 2.45) is 10.2 Å². The highest BCUT2D eigenvalue weighted by molar-refractivity contribution is 14.1. The van der Waals surface area contributed by atoms with E-state index in [1.807, 2.05) is 22.6 Å². The van der Waals surface area contributed by atoms with E-state index in [1.165, 1.54) is 24.0 Å². The van der Waals surface area contributed by atoms with Crippen molar-refractivity contribution in [2.75, 3.05) is 5.75 Å². The minimum Gasteiger partial charge on any atom is -0.478 e. The fourth-order valence-electron chi connectivity index (χ4n) is 1.31. The fraction of sp³-hybridized carbons (Fsp3) is 0.0909. The second-order valence-electron chi connectivity index (χ2n) is 3.53. The van der Waals surface area contributed by atoms with E-state index in [9.17, 15) is 9.59 Å². The molecule has 0 unspecified atom stereocenters. The molecule has 0 aliphatic carbocycles. The molecular formula is C11H8IN3O3S. The van der Waals surface area contributed by atoms with Gasteiger partial charge in [-0.15, -0.1) is 5.10 Å². The molecule has 1 aromatic carbocycles. The van der Waals surface area contributed by atoms with E-state index in [-0.39, 0.29) is 11.5 Å². The minimum absolute atomic E-state index is 0.0840. The number of nitrogens with zero attached hydrogens (tertiary/aromatic N) is 2. The Morgan fingerprint density at radius 2 is 2.32 bits per heavy atom. The van der Waals surface area contributed by atoms with Gasteiger partial charge in [-0.05, 0) is 40.3 Å². The van der Waals surface area contributed by atoms with Gasteiger partial charge in [-0.3, -0.25) is 4.79 Å². The average Bonchev–Trinajstić information content (AvgIpc) is 2.75. The van der Waals surface area contributed by atoms with E-state index in [2.05, 4.69) is 15.5 Å². The Bertz CT molecular complexity index is 601. The first kappa shape index (κ1) is 14.0. The van der Waals surface area contributed by atoms with Crippen molar-refractivity contribution >= 4 is 57.6 Å². The molecule has 0 bridgehead atoms. The Morgan fingerprint density at radius 1 is 1.53 bits per heavy atom. The largest absolute Gasteiger partial charge is 0.478 e. The number of halogens is 1. The van der Waals surface area contributed by atoms with Crippen LogP contribution in [-0.2, 0) is 4.79 Å². The number of carboxylic acid groups (broad SMARTS) is 1. The number of hydrogen-bond acceptors (Lipinski definition) is 5. The van der Waals surface area contributed by atoms with Crippen LogP contribution in [0.3, 0.4) is 0 Å². The van der Waals surface area contributed by atoms with Gasteiger partial charge < -0.3 is 10.4 Å². The standard InChI is InChI=1S/C11H8IN3O3S/c12-8-3-6(1-2-7(8)10(17)18)4-13-15-11-14-9(16)5-19-11/h1-4H,5H2,(H,17,18)(H,14,15,16). The van der Waals surface area contributed by atoms with Gasteiger partial charge in [0.25, 0.3) is 0 Å². The summed E-state index contributed by atoms with van der Waals surface area (Å²) >= 11 is 3.25. The number of rotatable bonds is 3. The number of amides is 1. The van der Waals surface area contributed by atoms with Crippen LogP contribution in [0.25, 0.3) is 0 Å². The van der Waals surface area contributed by atoms with Crippen LogP contribution in [0.4, 0.5) is 0 Å². The Hall–Kier alpha value is -1.42. The summed E-state index contributed by atoms with van der Waals surface area (Å²) in [6.45, 7) is 0. The number of aromatic carboxylic acids is 1. The maximum Gasteiger partial charge on any atom is 0.336 e. The van der Waals surface area contributed by atoms with Gasteiger partial charge >= 0.3 is 5.97 Å². The predicted molar refractivity (Wildman–Crippen MR) is 81.7 cm³/mol. The molecule has 0 saturated carbocycles. The maximum atomic E-state index is 10.9. The van der Waals surface area contributed by atoms with Gasteiger partial charge in [0.15, 0.2) is 5.17 Å².